The van der Waals surface area contributed by atoms with E-state index in [9.17, 15) is 9.59 Å². The summed E-state index contributed by atoms with van der Waals surface area (Å²) in [6.07, 6.45) is 2.29. The molecular formula is C20H14N6O2S2. The van der Waals surface area contributed by atoms with Crippen LogP contribution in [0.3, 0.4) is 0 Å². The zero-order valence-corrected chi connectivity index (χ0v) is 17.1. The van der Waals surface area contributed by atoms with Crippen LogP contribution in [0.25, 0.3) is 33.3 Å². The molecule has 0 saturated heterocycles. The van der Waals surface area contributed by atoms with E-state index in [0.29, 0.717) is 28.0 Å². The fourth-order valence-corrected chi connectivity index (χ4v) is 4.96. The van der Waals surface area contributed by atoms with Gasteiger partial charge in [-0.15, -0.1) is 21.5 Å². The molecule has 1 aromatic carbocycles. The number of aromatic nitrogens is 5. The van der Waals surface area contributed by atoms with Crippen molar-refractivity contribution in [2.45, 2.75) is 18.8 Å². The molecule has 1 aliphatic rings. The number of H-pyrrole nitrogens is 2. The van der Waals surface area contributed by atoms with Crippen molar-refractivity contribution in [2.24, 2.45) is 0 Å². The Balaban J connectivity index is 1.31. The minimum atomic E-state index is -0.256. The Kier molecular flexibility index (Phi) is 3.83. The molecule has 3 N–H and O–H groups in total. The first kappa shape index (κ1) is 17.5. The van der Waals surface area contributed by atoms with Crippen LogP contribution in [0.1, 0.15) is 34.1 Å². The zero-order valence-electron chi connectivity index (χ0n) is 15.4. The van der Waals surface area contributed by atoms with Crippen molar-refractivity contribution in [1.82, 2.24) is 25.1 Å². The first-order chi connectivity index (χ1) is 14.6. The minimum Gasteiger partial charge on any atom is -0.353 e. The van der Waals surface area contributed by atoms with E-state index in [1.807, 2.05) is 22.9 Å². The quantitative estimate of drug-likeness (QED) is 0.393. The Morgan fingerprint density at radius 3 is 2.87 bits per heavy atom. The van der Waals surface area contributed by atoms with Gasteiger partial charge in [-0.25, -0.2) is 4.98 Å². The number of thiophene rings is 1. The molecule has 10 heteroatoms. The average Bonchev–Trinajstić information content (AvgIpc) is 3.13. The maximum Gasteiger partial charge on any atom is 0.276 e. The first-order valence-electron chi connectivity index (χ1n) is 9.38. The molecule has 0 atom stereocenters. The van der Waals surface area contributed by atoms with E-state index < -0.39 is 0 Å². The van der Waals surface area contributed by atoms with Crippen LogP contribution in [0.15, 0.2) is 39.8 Å². The Hall–Kier alpha value is -3.37. The van der Waals surface area contributed by atoms with Gasteiger partial charge in [0.1, 0.15) is 5.01 Å². The number of anilines is 1. The van der Waals surface area contributed by atoms with Gasteiger partial charge in [-0.2, -0.15) is 0 Å². The number of benzene rings is 1. The summed E-state index contributed by atoms with van der Waals surface area (Å²) in [7, 11) is 0. The number of carbonyl (C=O) groups excluding carboxylic acids is 1. The number of aromatic amines is 2. The van der Waals surface area contributed by atoms with Gasteiger partial charge in [0.2, 0.25) is 5.13 Å². The van der Waals surface area contributed by atoms with Crippen LogP contribution in [-0.2, 0) is 0 Å². The Bertz CT molecular complexity index is 1490. The van der Waals surface area contributed by atoms with Crippen molar-refractivity contribution in [3.8, 4) is 11.4 Å². The van der Waals surface area contributed by atoms with Gasteiger partial charge in [0, 0.05) is 33.1 Å². The van der Waals surface area contributed by atoms with Crippen molar-refractivity contribution in [1.29, 1.82) is 0 Å². The molecule has 5 aromatic rings. The number of hydrogen-bond acceptors (Lipinski definition) is 7. The molecule has 0 unspecified atom stereocenters. The van der Waals surface area contributed by atoms with Gasteiger partial charge >= 0.3 is 0 Å². The van der Waals surface area contributed by atoms with E-state index in [1.54, 1.807) is 12.1 Å². The molecule has 0 aliphatic heterocycles. The largest absolute Gasteiger partial charge is 0.353 e. The average molecular weight is 435 g/mol. The molecule has 1 aliphatic carbocycles. The van der Waals surface area contributed by atoms with Gasteiger partial charge < -0.3 is 9.97 Å². The van der Waals surface area contributed by atoms with E-state index >= 15 is 0 Å². The lowest BCUT2D eigenvalue weighted by Crippen LogP contribution is -2.11. The third kappa shape index (κ3) is 3.01. The molecule has 1 saturated carbocycles. The summed E-state index contributed by atoms with van der Waals surface area (Å²) in [6, 6.07) is 7.17. The monoisotopic (exact) mass is 434 g/mol. The fraction of sp³-hybridized carbons (Fsp3) is 0.150. The smallest absolute Gasteiger partial charge is 0.276 e. The molecule has 1 amide bonds. The molecule has 0 bridgehead atoms. The maximum atomic E-state index is 12.7. The van der Waals surface area contributed by atoms with Crippen LogP contribution < -0.4 is 10.9 Å². The van der Waals surface area contributed by atoms with E-state index in [2.05, 4.69) is 30.5 Å². The van der Waals surface area contributed by atoms with Crippen LogP contribution in [-0.4, -0.2) is 31.1 Å². The number of nitrogens with one attached hydrogen (secondary N) is 3. The summed E-state index contributed by atoms with van der Waals surface area (Å²) in [6.45, 7) is 0. The summed E-state index contributed by atoms with van der Waals surface area (Å²) >= 11 is 2.92. The predicted octanol–water partition coefficient (Wildman–Crippen LogP) is 4.11. The van der Waals surface area contributed by atoms with E-state index in [0.717, 1.165) is 39.8 Å². The second-order valence-corrected chi connectivity index (χ2v) is 9.00. The van der Waals surface area contributed by atoms with Gasteiger partial charge in [0.25, 0.3) is 11.5 Å². The highest BCUT2D eigenvalue weighted by molar-refractivity contribution is 7.15. The number of rotatable bonds is 4. The molecule has 1 fully saturated rings. The molecule has 148 valence electrons. The molecule has 30 heavy (non-hydrogen) atoms. The highest BCUT2D eigenvalue weighted by Gasteiger charge is 2.27. The van der Waals surface area contributed by atoms with Crippen molar-refractivity contribution >= 4 is 55.6 Å². The second-order valence-electron chi connectivity index (χ2n) is 7.24. The van der Waals surface area contributed by atoms with Crippen LogP contribution >= 0.6 is 22.7 Å². The van der Waals surface area contributed by atoms with Crippen molar-refractivity contribution in [2.75, 3.05) is 5.32 Å². The van der Waals surface area contributed by atoms with Gasteiger partial charge in [-0.05, 0) is 37.1 Å². The zero-order chi connectivity index (χ0) is 20.2. The molecule has 8 nitrogen and oxygen atoms in total. The van der Waals surface area contributed by atoms with Crippen LogP contribution in [0.2, 0.25) is 0 Å². The van der Waals surface area contributed by atoms with Crippen molar-refractivity contribution in [3.05, 3.63) is 56.0 Å². The molecule has 4 heterocycles. The lowest BCUT2D eigenvalue weighted by Gasteiger charge is -2.01. The van der Waals surface area contributed by atoms with Crippen LogP contribution in [0.4, 0.5) is 5.13 Å². The molecular weight excluding hydrogens is 420 g/mol. The molecule has 4 aromatic heterocycles. The number of nitrogens with zero attached hydrogens (tertiary/aromatic N) is 3. The number of carbonyl (C=O) groups is 1. The summed E-state index contributed by atoms with van der Waals surface area (Å²) < 4.78 is 0. The van der Waals surface area contributed by atoms with Gasteiger partial charge in [-0.3, -0.25) is 14.9 Å². The Morgan fingerprint density at radius 1 is 1.10 bits per heavy atom. The SMILES string of the molecule is O=C(Nc1nnc(C2CC2)s1)c1ccc2[nH]c(-c3nc4cscc4[nH]c3=O)cc2c1. The highest BCUT2D eigenvalue weighted by Crippen LogP contribution is 2.42. The Labute approximate surface area is 177 Å². The summed E-state index contributed by atoms with van der Waals surface area (Å²) in [5.41, 5.74) is 3.47. The third-order valence-corrected chi connectivity index (χ3v) is 6.80. The second kappa shape index (κ2) is 6.57. The minimum absolute atomic E-state index is 0.242. The Morgan fingerprint density at radius 2 is 2.00 bits per heavy atom. The topological polar surface area (TPSA) is 116 Å². The van der Waals surface area contributed by atoms with Crippen molar-refractivity contribution < 1.29 is 4.79 Å². The summed E-state index contributed by atoms with van der Waals surface area (Å²) in [5.74, 6) is 0.265. The number of amides is 1. The maximum absolute atomic E-state index is 12.7. The molecule has 0 radical (unpaired) electrons. The lowest BCUT2D eigenvalue weighted by atomic mass is 10.1. The summed E-state index contributed by atoms with van der Waals surface area (Å²) in [4.78, 5) is 35.6. The summed E-state index contributed by atoms with van der Waals surface area (Å²) in [5, 5.41) is 17.1. The number of hydrogen-bond donors (Lipinski definition) is 3. The van der Waals surface area contributed by atoms with Crippen LogP contribution in [0, 0.1) is 0 Å². The first-order valence-corrected chi connectivity index (χ1v) is 11.1. The standard InChI is InChI=1S/C20H14N6O2S2/c27-17(24-20-26-25-19(30-20)9-1-2-9)10-3-4-12-11(5-10)6-13(21-12)16-18(28)23-15-8-29-7-14(15)22-16/h3-9,21H,1-2H2,(H,23,28)(H,24,26,27). The lowest BCUT2D eigenvalue weighted by molar-refractivity contribution is 0.102. The normalized spacial score (nSPS) is 13.9. The third-order valence-electron chi connectivity index (χ3n) is 5.06. The predicted molar refractivity (Wildman–Crippen MR) is 117 cm³/mol. The molecule has 6 rings (SSSR count). The molecule has 0 spiro atoms. The van der Waals surface area contributed by atoms with Gasteiger partial charge in [0.15, 0.2) is 5.69 Å². The fourth-order valence-electron chi connectivity index (χ4n) is 3.36. The van der Waals surface area contributed by atoms with E-state index in [1.165, 1.54) is 22.7 Å². The van der Waals surface area contributed by atoms with E-state index in [4.69, 9.17) is 0 Å². The number of fused-ring (bicyclic) bond motifs is 2. The van der Waals surface area contributed by atoms with Gasteiger partial charge in [-0.1, -0.05) is 11.3 Å². The van der Waals surface area contributed by atoms with Gasteiger partial charge in [0.05, 0.1) is 16.7 Å². The van der Waals surface area contributed by atoms with E-state index in [-0.39, 0.29) is 11.5 Å². The highest BCUT2D eigenvalue weighted by atomic mass is 32.1. The van der Waals surface area contributed by atoms with Crippen molar-refractivity contribution in [3.63, 3.8) is 0 Å². The van der Waals surface area contributed by atoms with Crippen LogP contribution in [0.5, 0.6) is 0 Å².